The van der Waals surface area contributed by atoms with Crippen LogP contribution in [0.25, 0.3) is 0 Å². The standard InChI is InChI=1S/C17H27N3O2S/c1-16(2,3)23(21)20-15-14-12(5-6-13(19-14)22-4)11-17(15)7-9-18-10-8-17/h5-6,15,18,20H,7-11H2,1-4H3/t15-,23?/m1/s1. The fourth-order valence-electron chi connectivity index (χ4n) is 3.62. The summed E-state index contributed by atoms with van der Waals surface area (Å²) in [5, 5.41) is 3.44. The summed E-state index contributed by atoms with van der Waals surface area (Å²) >= 11 is 0. The molecule has 2 N–H and O–H groups in total. The predicted molar refractivity (Wildman–Crippen MR) is 92.8 cm³/mol. The van der Waals surface area contributed by atoms with Crippen LogP contribution in [0.1, 0.15) is 50.9 Å². The number of hydrogen-bond donors (Lipinski definition) is 2. The molecule has 2 atom stereocenters. The van der Waals surface area contributed by atoms with Crippen LogP contribution < -0.4 is 14.8 Å². The van der Waals surface area contributed by atoms with E-state index in [9.17, 15) is 4.21 Å². The Labute approximate surface area is 141 Å². The molecule has 1 saturated heterocycles. The molecule has 2 aliphatic rings. The smallest absolute Gasteiger partial charge is 0.213 e. The minimum absolute atomic E-state index is 0.0229. The highest BCUT2D eigenvalue weighted by atomic mass is 32.2. The number of pyridine rings is 1. The zero-order valence-corrected chi connectivity index (χ0v) is 15.3. The van der Waals surface area contributed by atoms with Gasteiger partial charge in [0.15, 0.2) is 0 Å². The van der Waals surface area contributed by atoms with E-state index in [1.807, 2.05) is 26.8 Å². The number of hydrogen-bond acceptors (Lipinski definition) is 4. The number of methoxy groups -OCH3 is 1. The summed E-state index contributed by atoms with van der Waals surface area (Å²) in [6.45, 7) is 8.01. The quantitative estimate of drug-likeness (QED) is 0.887. The fraction of sp³-hybridized carbons (Fsp3) is 0.706. The highest BCUT2D eigenvalue weighted by molar-refractivity contribution is 7.84. The van der Waals surface area contributed by atoms with Crippen LogP contribution in [0.15, 0.2) is 12.1 Å². The molecule has 1 spiro atoms. The Hall–Kier alpha value is -0.980. The van der Waals surface area contributed by atoms with E-state index >= 15 is 0 Å². The van der Waals surface area contributed by atoms with E-state index in [1.54, 1.807) is 7.11 Å². The van der Waals surface area contributed by atoms with Gasteiger partial charge in [-0.3, -0.25) is 0 Å². The van der Waals surface area contributed by atoms with E-state index in [-0.39, 0.29) is 16.2 Å². The molecule has 0 saturated carbocycles. The Balaban J connectivity index is 1.98. The molecule has 2 heterocycles. The second-order valence-electron chi connectivity index (χ2n) is 7.62. The second kappa shape index (κ2) is 6.15. The normalized spacial score (nSPS) is 24.4. The van der Waals surface area contributed by atoms with Crippen molar-refractivity contribution in [1.29, 1.82) is 0 Å². The van der Waals surface area contributed by atoms with Crippen molar-refractivity contribution < 1.29 is 8.95 Å². The van der Waals surface area contributed by atoms with Gasteiger partial charge in [-0.15, -0.1) is 0 Å². The summed E-state index contributed by atoms with van der Waals surface area (Å²) in [5.41, 5.74) is 2.38. The van der Waals surface area contributed by atoms with Gasteiger partial charge in [0.05, 0.1) is 34.6 Å². The number of piperidine rings is 1. The zero-order chi connectivity index (χ0) is 16.7. The average Bonchev–Trinajstić information content (AvgIpc) is 2.79. The maximum Gasteiger partial charge on any atom is 0.213 e. The Morgan fingerprint density at radius 1 is 1.35 bits per heavy atom. The van der Waals surface area contributed by atoms with Crippen molar-refractivity contribution in [1.82, 2.24) is 15.0 Å². The molecule has 1 fully saturated rings. The number of rotatable bonds is 3. The number of aromatic nitrogens is 1. The van der Waals surface area contributed by atoms with E-state index in [2.05, 4.69) is 16.1 Å². The highest BCUT2D eigenvalue weighted by Gasteiger charge is 2.48. The van der Waals surface area contributed by atoms with Gasteiger partial charge >= 0.3 is 0 Å². The zero-order valence-electron chi connectivity index (χ0n) is 14.4. The molecule has 6 heteroatoms. The second-order valence-corrected chi connectivity index (χ2v) is 9.62. The largest absolute Gasteiger partial charge is 0.481 e. The molecule has 0 radical (unpaired) electrons. The van der Waals surface area contributed by atoms with Crippen LogP contribution in [-0.4, -0.2) is 34.1 Å². The molecule has 5 nitrogen and oxygen atoms in total. The van der Waals surface area contributed by atoms with Gasteiger partial charge in [-0.1, -0.05) is 6.07 Å². The molecule has 1 unspecified atom stereocenters. The first-order valence-corrected chi connectivity index (χ1v) is 9.43. The van der Waals surface area contributed by atoms with E-state index in [0.29, 0.717) is 5.88 Å². The summed E-state index contributed by atoms with van der Waals surface area (Å²) in [4.78, 5) is 4.70. The maximum absolute atomic E-state index is 12.7. The Kier molecular flexibility index (Phi) is 4.51. The minimum atomic E-state index is -1.12. The summed E-state index contributed by atoms with van der Waals surface area (Å²) in [5.74, 6) is 0.628. The molecule has 3 rings (SSSR count). The number of fused-ring (bicyclic) bond motifs is 1. The van der Waals surface area contributed by atoms with Crippen LogP contribution in [0.2, 0.25) is 0 Å². The van der Waals surface area contributed by atoms with E-state index in [4.69, 9.17) is 9.72 Å². The third kappa shape index (κ3) is 3.16. The van der Waals surface area contributed by atoms with Crippen molar-refractivity contribution >= 4 is 11.0 Å². The Morgan fingerprint density at radius 2 is 2.04 bits per heavy atom. The lowest BCUT2D eigenvalue weighted by atomic mass is 9.74. The van der Waals surface area contributed by atoms with Crippen LogP contribution in [0.5, 0.6) is 5.88 Å². The van der Waals surface area contributed by atoms with Gasteiger partial charge < -0.3 is 10.1 Å². The lowest BCUT2D eigenvalue weighted by Gasteiger charge is -2.40. The highest BCUT2D eigenvalue weighted by Crippen LogP contribution is 2.51. The molecule has 23 heavy (non-hydrogen) atoms. The van der Waals surface area contributed by atoms with Gasteiger partial charge in [0.25, 0.3) is 0 Å². The SMILES string of the molecule is COc1ccc2c(n1)[C@@H](NS(=O)C(C)(C)C)C1(CCNCC1)C2. The van der Waals surface area contributed by atoms with E-state index in [0.717, 1.165) is 38.0 Å². The first kappa shape index (κ1) is 16.9. The molecule has 1 aliphatic carbocycles. The van der Waals surface area contributed by atoms with Gasteiger partial charge in [0, 0.05) is 6.07 Å². The van der Waals surface area contributed by atoms with Crippen molar-refractivity contribution in [2.45, 2.75) is 50.8 Å². The number of nitrogens with one attached hydrogen (secondary N) is 2. The lowest BCUT2D eigenvalue weighted by molar-refractivity contribution is 0.163. The molecule has 1 aromatic heterocycles. The van der Waals surface area contributed by atoms with Crippen LogP contribution >= 0.6 is 0 Å². The molecular weight excluding hydrogens is 310 g/mol. The molecule has 0 bridgehead atoms. The van der Waals surface area contributed by atoms with Crippen molar-refractivity contribution in [2.75, 3.05) is 20.2 Å². The van der Waals surface area contributed by atoms with Gasteiger partial charge in [-0.05, 0) is 64.1 Å². The van der Waals surface area contributed by atoms with Gasteiger partial charge in [-0.25, -0.2) is 13.9 Å². The molecular formula is C17H27N3O2S. The number of ether oxygens (including phenoxy) is 1. The summed E-state index contributed by atoms with van der Waals surface area (Å²) < 4.78 is 21.2. The average molecular weight is 337 g/mol. The van der Waals surface area contributed by atoms with Crippen LogP contribution in [-0.2, 0) is 17.4 Å². The van der Waals surface area contributed by atoms with Crippen LogP contribution in [0.3, 0.4) is 0 Å². The van der Waals surface area contributed by atoms with Crippen molar-refractivity contribution in [3.05, 3.63) is 23.4 Å². The third-order valence-electron chi connectivity index (χ3n) is 5.00. The maximum atomic E-state index is 12.7. The van der Waals surface area contributed by atoms with Crippen molar-refractivity contribution in [2.24, 2.45) is 5.41 Å². The Morgan fingerprint density at radius 3 is 2.65 bits per heavy atom. The fourth-order valence-corrected chi connectivity index (χ4v) is 4.55. The molecule has 1 aliphatic heterocycles. The topological polar surface area (TPSA) is 63.2 Å². The van der Waals surface area contributed by atoms with Crippen LogP contribution in [0, 0.1) is 5.41 Å². The number of nitrogens with zero attached hydrogens (tertiary/aromatic N) is 1. The summed E-state index contributed by atoms with van der Waals surface area (Å²) in [6, 6.07) is 4.07. The first-order valence-electron chi connectivity index (χ1n) is 8.28. The van der Waals surface area contributed by atoms with Crippen LogP contribution in [0.4, 0.5) is 0 Å². The molecule has 1 aromatic rings. The predicted octanol–water partition coefficient (Wildman–Crippen LogP) is 2.11. The van der Waals surface area contributed by atoms with Crippen molar-refractivity contribution in [3.63, 3.8) is 0 Å². The van der Waals surface area contributed by atoms with E-state index < -0.39 is 11.0 Å². The van der Waals surface area contributed by atoms with E-state index in [1.165, 1.54) is 5.56 Å². The molecule has 128 valence electrons. The first-order chi connectivity index (χ1) is 10.9. The molecule has 0 amide bonds. The lowest BCUT2D eigenvalue weighted by Crippen LogP contribution is -2.46. The van der Waals surface area contributed by atoms with Gasteiger partial charge in [0.1, 0.15) is 0 Å². The van der Waals surface area contributed by atoms with Gasteiger partial charge in [0.2, 0.25) is 5.88 Å². The minimum Gasteiger partial charge on any atom is -0.481 e. The van der Waals surface area contributed by atoms with Gasteiger partial charge in [-0.2, -0.15) is 0 Å². The monoisotopic (exact) mass is 337 g/mol. The molecule has 0 aromatic carbocycles. The summed E-state index contributed by atoms with van der Waals surface area (Å²) in [7, 11) is 0.517. The van der Waals surface area contributed by atoms with Crippen molar-refractivity contribution in [3.8, 4) is 5.88 Å². The summed E-state index contributed by atoms with van der Waals surface area (Å²) in [6.07, 6.45) is 3.15. The third-order valence-corrected chi connectivity index (χ3v) is 6.57. The Bertz CT molecular complexity index is 606.